The minimum atomic E-state index is -1.11. The first-order valence-corrected chi connectivity index (χ1v) is 8.11. The lowest BCUT2D eigenvalue weighted by Gasteiger charge is -2.31. The predicted molar refractivity (Wildman–Crippen MR) is 93.5 cm³/mol. The summed E-state index contributed by atoms with van der Waals surface area (Å²) in [5.74, 6) is -2.32. The molecule has 6 heteroatoms. The molecule has 0 saturated carbocycles. The molecule has 1 heterocycles. The van der Waals surface area contributed by atoms with Crippen LogP contribution in [-0.2, 0) is 0 Å². The number of phenols is 1. The summed E-state index contributed by atoms with van der Waals surface area (Å²) in [4.78, 5) is 37.4. The van der Waals surface area contributed by atoms with Crippen LogP contribution < -0.4 is 9.47 Å². The van der Waals surface area contributed by atoms with Gasteiger partial charge in [-0.25, -0.2) is 0 Å². The van der Waals surface area contributed by atoms with Gasteiger partial charge in [-0.3, -0.25) is 14.4 Å². The molecule has 2 aromatic carbocycles. The number of phenolic OH excluding ortho intramolecular Hbond substituents is 1. The van der Waals surface area contributed by atoms with Crippen LogP contribution in [0.25, 0.3) is 0 Å². The maximum atomic E-state index is 13.1. The second-order valence-electron chi connectivity index (χ2n) is 6.14. The Balaban J connectivity index is 2.17. The van der Waals surface area contributed by atoms with Gasteiger partial charge in [-0.15, -0.1) is 0 Å². The summed E-state index contributed by atoms with van der Waals surface area (Å²) in [6, 6.07) is 8.42. The average Bonchev–Trinajstić information content (AvgIpc) is 2.64. The van der Waals surface area contributed by atoms with E-state index in [9.17, 15) is 19.5 Å². The SMILES string of the molecule is COc1c(C)c(O)c2c(c1C=O)O[C@@H](C)[C@H](C(=O)c1ccccc1)C2=O. The van der Waals surface area contributed by atoms with Crippen molar-refractivity contribution in [2.75, 3.05) is 7.11 Å². The normalized spacial score (nSPS) is 18.7. The molecule has 1 aliphatic rings. The Kier molecular flexibility index (Phi) is 4.50. The standard InChI is InChI=1S/C20H18O6/c1-10-16(22)15-18(24)14(17(23)12-7-5-4-6-8-12)11(2)26-20(15)13(9-21)19(10)25-3/h4-9,11,14,22H,1-3H3/t11-,14+/m0/s1. The van der Waals surface area contributed by atoms with Crippen molar-refractivity contribution < 1.29 is 29.0 Å². The largest absolute Gasteiger partial charge is 0.507 e. The summed E-state index contributed by atoms with van der Waals surface area (Å²) < 4.78 is 10.9. The second-order valence-corrected chi connectivity index (χ2v) is 6.14. The highest BCUT2D eigenvalue weighted by Crippen LogP contribution is 2.46. The zero-order valence-corrected chi connectivity index (χ0v) is 14.6. The zero-order chi connectivity index (χ0) is 19.0. The molecule has 26 heavy (non-hydrogen) atoms. The van der Waals surface area contributed by atoms with Crippen molar-refractivity contribution in [3.63, 3.8) is 0 Å². The molecule has 0 bridgehead atoms. The lowest BCUT2D eigenvalue weighted by molar-refractivity contribution is 0.0600. The Morgan fingerprint density at radius 1 is 1.27 bits per heavy atom. The van der Waals surface area contributed by atoms with E-state index in [4.69, 9.17) is 9.47 Å². The number of hydrogen-bond acceptors (Lipinski definition) is 6. The molecule has 134 valence electrons. The second kappa shape index (κ2) is 6.63. The summed E-state index contributed by atoms with van der Waals surface area (Å²) in [6.07, 6.45) is -0.281. The monoisotopic (exact) mass is 354 g/mol. The summed E-state index contributed by atoms with van der Waals surface area (Å²) in [7, 11) is 1.36. The van der Waals surface area contributed by atoms with Crippen molar-refractivity contribution in [2.24, 2.45) is 5.92 Å². The number of ether oxygens (including phenoxy) is 2. The Morgan fingerprint density at radius 3 is 2.50 bits per heavy atom. The summed E-state index contributed by atoms with van der Waals surface area (Å²) in [5.41, 5.74) is 0.511. The van der Waals surface area contributed by atoms with Crippen LogP contribution in [0.4, 0.5) is 0 Å². The third-order valence-corrected chi connectivity index (χ3v) is 4.61. The number of carbonyl (C=O) groups is 3. The summed E-state index contributed by atoms with van der Waals surface area (Å²) in [5, 5.41) is 10.5. The van der Waals surface area contributed by atoms with Gasteiger partial charge in [-0.2, -0.15) is 0 Å². The smallest absolute Gasteiger partial charge is 0.184 e. The first kappa shape index (κ1) is 17.7. The highest BCUT2D eigenvalue weighted by atomic mass is 16.5. The number of carbonyl (C=O) groups excluding carboxylic acids is 3. The molecular formula is C20H18O6. The van der Waals surface area contributed by atoms with Gasteiger partial charge in [-0.05, 0) is 13.8 Å². The van der Waals surface area contributed by atoms with E-state index in [2.05, 4.69) is 0 Å². The molecule has 0 unspecified atom stereocenters. The number of ketones is 2. The van der Waals surface area contributed by atoms with Gasteiger partial charge in [0.25, 0.3) is 0 Å². The van der Waals surface area contributed by atoms with Crippen LogP contribution in [0.2, 0.25) is 0 Å². The van der Waals surface area contributed by atoms with Crippen molar-refractivity contribution in [1.29, 1.82) is 0 Å². The maximum Gasteiger partial charge on any atom is 0.184 e. The van der Waals surface area contributed by atoms with E-state index in [0.717, 1.165) is 0 Å². The van der Waals surface area contributed by atoms with Crippen molar-refractivity contribution in [3.8, 4) is 17.2 Å². The molecule has 0 aliphatic carbocycles. The van der Waals surface area contributed by atoms with Crippen molar-refractivity contribution in [3.05, 3.63) is 52.6 Å². The van der Waals surface area contributed by atoms with E-state index in [1.165, 1.54) is 14.0 Å². The Hall–Kier alpha value is -3.15. The highest BCUT2D eigenvalue weighted by molar-refractivity contribution is 6.20. The van der Waals surface area contributed by atoms with Crippen LogP contribution in [0.3, 0.4) is 0 Å². The molecular weight excluding hydrogens is 336 g/mol. The molecule has 2 aromatic rings. The summed E-state index contributed by atoms with van der Waals surface area (Å²) in [6.45, 7) is 3.12. The fraction of sp³-hybridized carbons (Fsp3) is 0.250. The third-order valence-electron chi connectivity index (χ3n) is 4.61. The van der Waals surface area contributed by atoms with Gasteiger partial charge in [0.2, 0.25) is 0 Å². The predicted octanol–water partition coefficient (Wildman–Crippen LogP) is 2.98. The first-order valence-electron chi connectivity index (χ1n) is 8.11. The molecule has 1 aliphatic heterocycles. The van der Waals surface area contributed by atoms with Gasteiger partial charge in [-0.1, -0.05) is 30.3 Å². The number of methoxy groups -OCH3 is 1. The van der Waals surface area contributed by atoms with Crippen LogP contribution in [0.15, 0.2) is 30.3 Å². The number of aldehydes is 1. The molecule has 1 N–H and O–H groups in total. The van der Waals surface area contributed by atoms with Crippen LogP contribution >= 0.6 is 0 Å². The molecule has 2 atom stereocenters. The van der Waals surface area contributed by atoms with Gasteiger partial charge in [0.15, 0.2) is 17.9 Å². The van der Waals surface area contributed by atoms with Crippen LogP contribution in [0.5, 0.6) is 17.2 Å². The molecule has 0 amide bonds. The third kappa shape index (κ3) is 2.54. The number of Topliss-reactive ketones (excluding diaryl/α,β-unsaturated/α-hetero) is 2. The van der Waals surface area contributed by atoms with Gasteiger partial charge in [0.1, 0.15) is 34.8 Å². The quantitative estimate of drug-likeness (QED) is 0.516. The lowest BCUT2D eigenvalue weighted by atomic mass is 9.82. The molecule has 0 spiro atoms. The minimum absolute atomic E-state index is 0.0450. The maximum absolute atomic E-state index is 13.1. The first-order chi connectivity index (χ1) is 12.4. The Labute approximate surface area is 150 Å². The lowest BCUT2D eigenvalue weighted by Crippen LogP contribution is -2.41. The number of fused-ring (bicyclic) bond motifs is 1. The van der Waals surface area contributed by atoms with E-state index >= 15 is 0 Å². The van der Waals surface area contributed by atoms with Gasteiger partial charge < -0.3 is 14.6 Å². The van der Waals surface area contributed by atoms with Crippen LogP contribution in [-0.4, -0.2) is 36.2 Å². The Bertz CT molecular complexity index is 901. The van der Waals surface area contributed by atoms with E-state index < -0.39 is 23.6 Å². The zero-order valence-electron chi connectivity index (χ0n) is 14.6. The summed E-state index contributed by atoms with van der Waals surface area (Å²) >= 11 is 0. The van der Waals surface area contributed by atoms with Crippen LogP contribution in [0, 0.1) is 12.8 Å². The van der Waals surface area contributed by atoms with Crippen molar-refractivity contribution in [1.82, 2.24) is 0 Å². The Morgan fingerprint density at radius 2 is 1.92 bits per heavy atom. The van der Waals surface area contributed by atoms with Crippen LogP contribution in [0.1, 0.15) is 43.6 Å². The van der Waals surface area contributed by atoms with E-state index in [1.807, 2.05) is 0 Å². The van der Waals surface area contributed by atoms with E-state index in [-0.39, 0.29) is 33.9 Å². The highest BCUT2D eigenvalue weighted by Gasteiger charge is 2.44. The van der Waals surface area contributed by atoms with Gasteiger partial charge in [0.05, 0.1) is 12.7 Å². The van der Waals surface area contributed by atoms with Crippen molar-refractivity contribution >= 4 is 17.9 Å². The fourth-order valence-electron chi connectivity index (χ4n) is 3.30. The number of rotatable bonds is 4. The molecule has 3 rings (SSSR count). The van der Waals surface area contributed by atoms with Gasteiger partial charge >= 0.3 is 0 Å². The molecule has 0 aromatic heterocycles. The van der Waals surface area contributed by atoms with Crippen molar-refractivity contribution in [2.45, 2.75) is 20.0 Å². The number of aromatic hydroxyl groups is 1. The minimum Gasteiger partial charge on any atom is -0.507 e. The topological polar surface area (TPSA) is 89.9 Å². The van der Waals surface area contributed by atoms with Gasteiger partial charge in [0, 0.05) is 11.1 Å². The molecule has 0 fully saturated rings. The molecule has 0 saturated heterocycles. The average molecular weight is 354 g/mol. The van der Waals surface area contributed by atoms with E-state index in [0.29, 0.717) is 11.8 Å². The number of hydrogen-bond donors (Lipinski definition) is 1. The fourth-order valence-corrected chi connectivity index (χ4v) is 3.30. The van der Waals surface area contributed by atoms with E-state index in [1.54, 1.807) is 37.3 Å². The number of benzene rings is 2. The molecule has 0 radical (unpaired) electrons. The molecule has 6 nitrogen and oxygen atoms in total.